The summed E-state index contributed by atoms with van der Waals surface area (Å²) >= 11 is 0. The second-order valence-electron chi connectivity index (χ2n) is 7.22. The molecule has 0 spiro atoms. The molecule has 0 saturated heterocycles. The minimum absolute atomic E-state index is 0. The van der Waals surface area contributed by atoms with Crippen LogP contribution in [-0.4, -0.2) is 50.6 Å². The summed E-state index contributed by atoms with van der Waals surface area (Å²) in [6.07, 6.45) is 3.77. The molecule has 1 fully saturated rings. The van der Waals surface area contributed by atoms with Crippen LogP contribution in [0.25, 0.3) is 0 Å². The normalized spacial score (nSPS) is 15.6. The summed E-state index contributed by atoms with van der Waals surface area (Å²) in [7, 11) is 3.56. The van der Waals surface area contributed by atoms with Gasteiger partial charge in [-0.05, 0) is 25.8 Å². The topological polar surface area (TPSA) is 66.0 Å². The third kappa shape index (κ3) is 7.27. The molecule has 164 valence electrons. The molecule has 9 heteroatoms. The van der Waals surface area contributed by atoms with Crippen molar-refractivity contribution < 1.29 is 18.3 Å². The highest BCUT2D eigenvalue weighted by Gasteiger charge is 2.42. The molecule has 2 N–H and O–H groups in total. The van der Waals surface area contributed by atoms with Gasteiger partial charge in [-0.25, -0.2) is 4.99 Å². The Morgan fingerprint density at radius 2 is 1.90 bits per heavy atom. The van der Waals surface area contributed by atoms with E-state index >= 15 is 0 Å². The van der Waals surface area contributed by atoms with E-state index in [1.54, 1.807) is 37.2 Å². The van der Waals surface area contributed by atoms with Gasteiger partial charge in [-0.15, -0.1) is 24.0 Å². The van der Waals surface area contributed by atoms with E-state index in [1.165, 1.54) is 6.07 Å². The van der Waals surface area contributed by atoms with Crippen LogP contribution in [0.3, 0.4) is 0 Å². The molecule has 0 aliphatic heterocycles. The molecular weight excluding hydrogens is 493 g/mol. The van der Waals surface area contributed by atoms with Crippen LogP contribution in [0.4, 0.5) is 8.78 Å². The fraction of sp³-hybridized carbons (Fsp3) is 0.600. The number of para-hydroxylation sites is 1. The number of rotatable bonds is 8. The lowest BCUT2D eigenvalue weighted by Crippen LogP contribution is -2.49. The van der Waals surface area contributed by atoms with Gasteiger partial charge in [0.2, 0.25) is 5.91 Å². The number of aliphatic imine (C=N–C) groups is 1. The third-order valence-corrected chi connectivity index (χ3v) is 4.96. The number of guanidine groups is 1. The first-order valence-corrected chi connectivity index (χ1v) is 9.64. The molecule has 1 aromatic rings. The van der Waals surface area contributed by atoms with Crippen molar-refractivity contribution in [3.8, 4) is 5.75 Å². The predicted octanol–water partition coefficient (Wildman–Crippen LogP) is 3.61. The minimum Gasteiger partial charge on any atom is -0.434 e. The Balaban J connectivity index is 0.00000420. The molecule has 2 rings (SSSR count). The van der Waals surface area contributed by atoms with Crippen LogP contribution in [0, 0.1) is 5.41 Å². The number of hydrogen-bond acceptors (Lipinski definition) is 3. The largest absolute Gasteiger partial charge is 0.434 e. The summed E-state index contributed by atoms with van der Waals surface area (Å²) in [6.45, 7) is 0.394. The molecule has 0 radical (unpaired) electrons. The number of carbonyl (C=O) groups is 1. The lowest BCUT2D eigenvalue weighted by Gasteiger charge is -2.31. The maximum atomic E-state index is 12.7. The Morgan fingerprint density at radius 3 is 2.48 bits per heavy atom. The maximum absolute atomic E-state index is 12.7. The summed E-state index contributed by atoms with van der Waals surface area (Å²) in [5, 5.41) is 6.42. The number of carbonyl (C=O) groups excluding carboxylic acids is 1. The number of benzene rings is 1. The van der Waals surface area contributed by atoms with E-state index in [2.05, 4.69) is 20.4 Å². The van der Waals surface area contributed by atoms with Crippen LogP contribution >= 0.6 is 24.0 Å². The van der Waals surface area contributed by atoms with Gasteiger partial charge < -0.3 is 20.3 Å². The summed E-state index contributed by atoms with van der Waals surface area (Å²) in [6, 6.07) is 6.61. The molecule has 0 unspecified atom stereocenters. The maximum Gasteiger partial charge on any atom is 0.387 e. The lowest BCUT2D eigenvalue weighted by atomic mass is 9.84. The van der Waals surface area contributed by atoms with E-state index in [9.17, 15) is 13.6 Å². The van der Waals surface area contributed by atoms with Crippen LogP contribution in [0.15, 0.2) is 29.3 Å². The first-order valence-electron chi connectivity index (χ1n) is 9.64. The summed E-state index contributed by atoms with van der Waals surface area (Å²) < 4.78 is 29.7. The number of nitrogens with one attached hydrogen (secondary N) is 2. The van der Waals surface area contributed by atoms with E-state index < -0.39 is 12.0 Å². The van der Waals surface area contributed by atoms with Gasteiger partial charge >= 0.3 is 6.61 Å². The van der Waals surface area contributed by atoms with Crippen molar-refractivity contribution in [2.75, 3.05) is 27.2 Å². The standard InChI is InChI=1S/C20H30F2N4O2.HI/c1-4-23-19(24-13-15-9-5-6-10-16(15)28-18(21)22)25-14-20(11-7-8-12-20)17(27)26(2)3;/h5-6,9-10,18H,4,7-8,11-14H2,1-3H3,(H2,23,24,25);1H. The average molecular weight is 524 g/mol. The Morgan fingerprint density at radius 1 is 1.24 bits per heavy atom. The molecule has 29 heavy (non-hydrogen) atoms. The van der Waals surface area contributed by atoms with Crippen molar-refractivity contribution in [1.29, 1.82) is 0 Å². The first kappa shape index (κ1) is 25.4. The molecule has 0 heterocycles. The molecule has 0 bridgehead atoms. The van der Waals surface area contributed by atoms with E-state index in [1.807, 2.05) is 6.92 Å². The van der Waals surface area contributed by atoms with Crippen LogP contribution in [-0.2, 0) is 11.3 Å². The zero-order chi connectivity index (χ0) is 20.6. The van der Waals surface area contributed by atoms with Gasteiger partial charge in [0.25, 0.3) is 0 Å². The van der Waals surface area contributed by atoms with Crippen LogP contribution in [0.2, 0.25) is 0 Å². The molecule has 0 atom stereocenters. The number of ether oxygens (including phenoxy) is 1. The molecule has 0 aromatic heterocycles. The number of nitrogens with zero attached hydrogens (tertiary/aromatic N) is 2. The van der Waals surface area contributed by atoms with Gasteiger partial charge in [0.1, 0.15) is 5.75 Å². The fourth-order valence-corrected chi connectivity index (χ4v) is 3.60. The van der Waals surface area contributed by atoms with Gasteiger partial charge in [-0.2, -0.15) is 8.78 Å². The van der Waals surface area contributed by atoms with Crippen molar-refractivity contribution in [2.24, 2.45) is 10.4 Å². The highest BCUT2D eigenvalue weighted by molar-refractivity contribution is 14.0. The number of amides is 1. The van der Waals surface area contributed by atoms with Gasteiger partial charge in [0.15, 0.2) is 5.96 Å². The smallest absolute Gasteiger partial charge is 0.387 e. The second-order valence-corrected chi connectivity index (χ2v) is 7.22. The summed E-state index contributed by atoms with van der Waals surface area (Å²) in [5.41, 5.74) is 0.149. The van der Waals surface area contributed by atoms with Crippen molar-refractivity contribution >= 4 is 35.8 Å². The molecule has 1 saturated carbocycles. The monoisotopic (exact) mass is 524 g/mol. The van der Waals surface area contributed by atoms with E-state index in [0.29, 0.717) is 24.6 Å². The average Bonchev–Trinajstić information content (AvgIpc) is 3.14. The zero-order valence-corrected chi connectivity index (χ0v) is 19.5. The Kier molecular flexibility index (Phi) is 10.6. The van der Waals surface area contributed by atoms with E-state index in [-0.39, 0.29) is 42.2 Å². The third-order valence-electron chi connectivity index (χ3n) is 4.96. The SMILES string of the molecule is CCNC(=NCc1ccccc1OC(F)F)NCC1(C(=O)N(C)C)CCCC1.I. The number of halogens is 3. The van der Waals surface area contributed by atoms with Gasteiger partial charge in [0.05, 0.1) is 12.0 Å². The van der Waals surface area contributed by atoms with Crippen molar-refractivity contribution in [2.45, 2.75) is 45.8 Å². The van der Waals surface area contributed by atoms with Crippen molar-refractivity contribution in [3.05, 3.63) is 29.8 Å². The van der Waals surface area contributed by atoms with Gasteiger partial charge in [0, 0.05) is 32.7 Å². The highest BCUT2D eigenvalue weighted by atomic mass is 127. The summed E-state index contributed by atoms with van der Waals surface area (Å²) in [5.74, 6) is 0.795. The Bertz CT molecular complexity index is 680. The van der Waals surface area contributed by atoms with Crippen molar-refractivity contribution in [1.82, 2.24) is 15.5 Å². The fourth-order valence-electron chi connectivity index (χ4n) is 3.60. The van der Waals surface area contributed by atoms with Gasteiger partial charge in [-0.1, -0.05) is 31.0 Å². The molecule has 1 aliphatic rings. The predicted molar refractivity (Wildman–Crippen MR) is 121 cm³/mol. The molecule has 1 aliphatic carbocycles. The van der Waals surface area contributed by atoms with Crippen LogP contribution in [0.1, 0.15) is 38.2 Å². The molecule has 1 amide bonds. The Labute approximate surface area is 188 Å². The van der Waals surface area contributed by atoms with Gasteiger partial charge in [-0.3, -0.25) is 4.79 Å². The number of hydrogen-bond donors (Lipinski definition) is 2. The lowest BCUT2D eigenvalue weighted by molar-refractivity contribution is -0.138. The second kappa shape index (κ2) is 12.1. The zero-order valence-electron chi connectivity index (χ0n) is 17.2. The van der Waals surface area contributed by atoms with Crippen LogP contribution in [0.5, 0.6) is 5.75 Å². The summed E-state index contributed by atoms with van der Waals surface area (Å²) in [4.78, 5) is 18.8. The molecule has 1 aromatic carbocycles. The molecule has 6 nitrogen and oxygen atoms in total. The van der Waals surface area contributed by atoms with Crippen molar-refractivity contribution in [3.63, 3.8) is 0 Å². The van der Waals surface area contributed by atoms with E-state index in [4.69, 9.17) is 0 Å². The van der Waals surface area contributed by atoms with E-state index in [0.717, 1.165) is 25.7 Å². The highest BCUT2D eigenvalue weighted by Crippen LogP contribution is 2.38. The quantitative estimate of drug-likeness (QED) is 0.310. The Hall–Kier alpha value is -1.65. The first-order chi connectivity index (χ1) is 13.4. The minimum atomic E-state index is -2.88. The number of alkyl halides is 2. The molecular formula is C20H31F2IN4O2. The van der Waals surface area contributed by atoms with Crippen LogP contribution < -0.4 is 15.4 Å².